The first-order valence-corrected chi connectivity index (χ1v) is 9.53. The molecule has 1 aliphatic rings. The standard InChI is InChI=1S/C26H25N/c1-25(2,3)22-10-7-11-23-24(22)20-15-19(12-13-21(20)26(23,4)5)18-9-6-8-17(14-18)16-27/h6-15H,1-5H3. The highest BCUT2D eigenvalue weighted by molar-refractivity contribution is 5.87. The molecule has 0 heterocycles. The van der Waals surface area contributed by atoms with E-state index in [4.69, 9.17) is 0 Å². The van der Waals surface area contributed by atoms with Gasteiger partial charge in [-0.1, -0.05) is 77.1 Å². The Balaban J connectivity index is 1.99. The van der Waals surface area contributed by atoms with Gasteiger partial charge in [0.15, 0.2) is 0 Å². The first kappa shape index (κ1) is 17.6. The number of rotatable bonds is 1. The average molecular weight is 351 g/mol. The number of benzene rings is 3. The minimum atomic E-state index is -0.00103. The number of hydrogen-bond acceptors (Lipinski definition) is 1. The third-order valence-electron chi connectivity index (χ3n) is 5.83. The topological polar surface area (TPSA) is 23.8 Å². The molecule has 0 amide bonds. The molecule has 1 nitrogen and oxygen atoms in total. The van der Waals surface area contributed by atoms with Crippen molar-refractivity contribution in [2.45, 2.75) is 45.4 Å². The Hall–Kier alpha value is -2.85. The lowest BCUT2D eigenvalue weighted by Crippen LogP contribution is -2.17. The van der Waals surface area contributed by atoms with Crippen LogP contribution in [0.25, 0.3) is 22.3 Å². The molecule has 4 rings (SSSR count). The molecule has 0 aromatic heterocycles. The SMILES string of the molecule is CC(C)(C)c1cccc2c1-c1cc(-c3cccc(C#N)c3)ccc1C2(C)C. The van der Waals surface area contributed by atoms with Crippen LogP contribution in [0.3, 0.4) is 0 Å². The van der Waals surface area contributed by atoms with Crippen molar-refractivity contribution in [3.63, 3.8) is 0 Å². The maximum Gasteiger partial charge on any atom is 0.0991 e. The van der Waals surface area contributed by atoms with E-state index in [1.54, 1.807) is 0 Å². The van der Waals surface area contributed by atoms with E-state index in [1.165, 1.54) is 33.4 Å². The van der Waals surface area contributed by atoms with Gasteiger partial charge in [0.25, 0.3) is 0 Å². The molecule has 0 fully saturated rings. The fourth-order valence-corrected chi connectivity index (χ4v) is 4.38. The van der Waals surface area contributed by atoms with Crippen LogP contribution >= 0.6 is 0 Å². The summed E-state index contributed by atoms with van der Waals surface area (Å²) in [6, 6.07) is 23.6. The van der Waals surface area contributed by atoms with E-state index in [9.17, 15) is 5.26 Å². The molecular weight excluding hydrogens is 326 g/mol. The second-order valence-corrected chi connectivity index (χ2v) is 9.06. The Morgan fingerprint density at radius 2 is 1.52 bits per heavy atom. The number of fused-ring (bicyclic) bond motifs is 3. The van der Waals surface area contributed by atoms with E-state index >= 15 is 0 Å². The monoisotopic (exact) mass is 351 g/mol. The Labute approximate surface area is 162 Å². The Morgan fingerprint density at radius 1 is 0.815 bits per heavy atom. The van der Waals surface area contributed by atoms with Crippen LogP contribution in [0.15, 0.2) is 60.7 Å². The number of nitriles is 1. The third kappa shape index (κ3) is 2.68. The summed E-state index contributed by atoms with van der Waals surface area (Å²) < 4.78 is 0. The third-order valence-corrected chi connectivity index (χ3v) is 5.83. The molecule has 0 saturated carbocycles. The lowest BCUT2D eigenvalue weighted by atomic mass is 9.79. The van der Waals surface area contributed by atoms with Gasteiger partial charge in [0.2, 0.25) is 0 Å². The van der Waals surface area contributed by atoms with Crippen molar-refractivity contribution in [3.8, 4) is 28.3 Å². The van der Waals surface area contributed by atoms with Gasteiger partial charge >= 0.3 is 0 Å². The molecule has 0 radical (unpaired) electrons. The summed E-state index contributed by atoms with van der Waals surface area (Å²) >= 11 is 0. The van der Waals surface area contributed by atoms with Gasteiger partial charge in [-0.05, 0) is 62.6 Å². The molecule has 0 N–H and O–H groups in total. The highest BCUT2D eigenvalue weighted by Crippen LogP contribution is 2.52. The van der Waals surface area contributed by atoms with Crippen molar-refractivity contribution in [1.82, 2.24) is 0 Å². The molecule has 134 valence electrons. The van der Waals surface area contributed by atoms with Crippen LogP contribution in [-0.2, 0) is 10.8 Å². The van der Waals surface area contributed by atoms with Gasteiger partial charge < -0.3 is 0 Å². The fraction of sp³-hybridized carbons (Fsp3) is 0.269. The fourth-order valence-electron chi connectivity index (χ4n) is 4.38. The summed E-state index contributed by atoms with van der Waals surface area (Å²) in [5.41, 5.74) is 9.96. The predicted molar refractivity (Wildman–Crippen MR) is 113 cm³/mol. The van der Waals surface area contributed by atoms with E-state index in [-0.39, 0.29) is 10.8 Å². The summed E-state index contributed by atoms with van der Waals surface area (Å²) in [4.78, 5) is 0. The van der Waals surface area contributed by atoms with Crippen LogP contribution < -0.4 is 0 Å². The smallest absolute Gasteiger partial charge is 0.0991 e. The van der Waals surface area contributed by atoms with Crippen LogP contribution in [0.5, 0.6) is 0 Å². The molecule has 0 atom stereocenters. The molecule has 0 unspecified atom stereocenters. The lowest BCUT2D eigenvalue weighted by Gasteiger charge is -2.25. The van der Waals surface area contributed by atoms with Crippen molar-refractivity contribution in [1.29, 1.82) is 5.26 Å². The first-order chi connectivity index (χ1) is 12.7. The van der Waals surface area contributed by atoms with Crippen molar-refractivity contribution in [2.24, 2.45) is 0 Å². The summed E-state index contributed by atoms with van der Waals surface area (Å²) in [5.74, 6) is 0. The Kier molecular flexibility index (Phi) is 3.79. The van der Waals surface area contributed by atoms with Gasteiger partial charge in [-0.3, -0.25) is 0 Å². The van der Waals surface area contributed by atoms with Crippen LogP contribution in [0.4, 0.5) is 0 Å². The molecule has 3 aromatic rings. The Morgan fingerprint density at radius 3 is 2.22 bits per heavy atom. The first-order valence-electron chi connectivity index (χ1n) is 9.53. The summed E-state index contributed by atoms with van der Waals surface area (Å²) in [7, 11) is 0. The molecule has 0 saturated heterocycles. The normalized spacial score (nSPS) is 14.4. The minimum absolute atomic E-state index is 0.00103. The van der Waals surface area contributed by atoms with Gasteiger partial charge in [-0.25, -0.2) is 0 Å². The minimum Gasteiger partial charge on any atom is -0.192 e. The van der Waals surface area contributed by atoms with Crippen molar-refractivity contribution in [3.05, 3.63) is 82.9 Å². The quantitative estimate of drug-likeness (QED) is 0.471. The predicted octanol–water partition coefficient (Wildman–Crippen LogP) is 6.83. The number of nitrogens with zero attached hydrogens (tertiary/aromatic N) is 1. The van der Waals surface area contributed by atoms with Gasteiger partial charge in [0.1, 0.15) is 0 Å². The van der Waals surface area contributed by atoms with Crippen LogP contribution in [0.2, 0.25) is 0 Å². The second-order valence-electron chi connectivity index (χ2n) is 9.06. The van der Waals surface area contributed by atoms with E-state index < -0.39 is 0 Å². The zero-order valence-electron chi connectivity index (χ0n) is 16.7. The van der Waals surface area contributed by atoms with Gasteiger partial charge in [0, 0.05) is 5.41 Å². The van der Waals surface area contributed by atoms with E-state index in [0.29, 0.717) is 5.56 Å². The summed E-state index contributed by atoms with van der Waals surface area (Å²) in [5, 5.41) is 9.24. The van der Waals surface area contributed by atoms with Crippen LogP contribution in [-0.4, -0.2) is 0 Å². The molecule has 1 aliphatic carbocycles. The molecular formula is C26H25N. The largest absolute Gasteiger partial charge is 0.192 e. The van der Waals surface area contributed by atoms with Crippen LogP contribution in [0.1, 0.15) is 56.9 Å². The summed E-state index contributed by atoms with van der Waals surface area (Å²) in [6.07, 6.45) is 0. The van der Waals surface area contributed by atoms with Crippen molar-refractivity contribution >= 4 is 0 Å². The van der Waals surface area contributed by atoms with Crippen LogP contribution in [0, 0.1) is 11.3 Å². The summed E-state index contributed by atoms with van der Waals surface area (Å²) in [6.45, 7) is 11.5. The van der Waals surface area contributed by atoms with Gasteiger partial charge in [-0.2, -0.15) is 5.26 Å². The van der Waals surface area contributed by atoms with Gasteiger partial charge in [0.05, 0.1) is 11.6 Å². The number of hydrogen-bond donors (Lipinski definition) is 0. The molecule has 0 spiro atoms. The second kappa shape index (κ2) is 5.83. The van der Waals surface area contributed by atoms with E-state index in [2.05, 4.69) is 83.2 Å². The highest BCUT2D eigenvalue weighted by atomic mass is 14.4. The lowest BCUT2D eigenvalue weighted by molar-refractivity contribution is 0.589. The maximum absolute atomic E-state index is 9.24. The van der Waals surface area contributed by atoms with Gasteiger partial charge in [-0.15, -0.1) is 0 Å². The zero-order valence-corrected chi connectivity index (χ0v) is 16.7. The highest BCUT2D eigenvalue weighted by Gasteiger charge is 2.38. The maximum atomic E-state index is 9.24. The molecule has 3 aromatic carbocycles. The van der Waals surface area contributed by atoms with E-state index in [0.717, 1.165) is 5.56 Å². The average Bonchev–Trinajstić information content (AvgIpc) is 2.88. The van der Waals surface area contributed by atoms with Crippen molar-refractivity contribution in [2.75, 3.05) is 0 Å². The molecule has 0 bridgehead atoms. The molecule has 0 aliphatic heterocycles. The Bertz CT molecular complexity index is 1090. The van der Waals surface area contributed by atoms with E-state index in [1.807, 2.05) is 18.2 Å². The molecule has 1 heteroatoms. The zero-order chi connectivity index (χ0) is 19.4. The molecule has 27 heavy (non-hydrogen) atoms. The van der Waals surface area contributed by atoms with Crippen molar-refractivity contribution < 1.29 is 0 Å².